The SMILES string of the molecule is CN(C)CCN=C(/N=N\N)SCc1cccc(CC(N)C(=O)O)c1. The molecule has 0 aromatic heterocycles. The van der Waals surface area contributed by atoms with Gasteiger partial charge in [0.15, 0.2) is 0 Å². The lowest BCUT2D eigenvalue weighted by molar-refractivity contribution is -0.138. The van der Waals surface area contributed by atoms with Crippen molar-refractivity contribution in [2.24, 2.45) is 26.9 Å². The zero-order chi connectivity index (χ0) is 17.9. The quantitative estimate of drug-likeness (QED) is 0.211. The monoisotopic (exact) mass is 352 g/mol. The summed E-state index contributed by atoms with van der Waals surface area (Å²) in [5, 5.41) is 16.5. The Bertz CT molecular complexity index is 591. The number of nitrogens with two attached hydrogens (primary N) is 2. The fraction of sp³-hybridized carbons (Fsp3) is 0.467. The summed E-state index contributed by atoms with van der Waals surface area (Å²) < 4.78 is 0. The van der Waals surface area contributed by atoms with Crippen molar-refractivity contribution in [2.45, 2.75) is 18.2 Å². The second-order valence-corrected chi connectivity index (χ2v) is 6.38. The molecule has 0 aliphatic carbocycles. The van der Waals surface area contributed by atoms with Crippen molar-refractivity contribution in [3.8, 4) is 0 Å². The highest BCUT2D eigenvalue weighted by molar-refractivity contribution is 8.13. The molecule has 1 unspecified atom stereocenters. The van der Waals surface area contributed by atoms with Crippen LogP contribution in [0.4, 0.5) is 0 Å². The van der Waals surface area contributed by atoms with E-state index >= 15 is 0 Å². The second-order valence-electron chi connectivity index (χ2n) is 5.44. The molecule has 9 heteroatoms. The van der Waals surface area contributed by atoms with E-state index in [1.54, 1.807) is 0 Å². The molecule has 0 bridgehead atoms. The van der Waals surface area contributed by atoms with Crippen LogP contribution in [0.5, 0.6) is 0 Å². The van der Waals surface area contributed by atoms with Crippen molar-refractivity contribution >= 4 is 22.9 Å². The molecule has 132 valence electrons. The lowest BCUT2D eigenvalue weighted by Gasteiger charge is -2.09. The third kappa shape index (κ3) is 8.04. The van der Waals surface area contributed by atoms with Crippen LogP contribution in [0, 0.1) is 0 Å². The lowest BCUT2D eigenvalue weighted by Crippen LogP contribution is -2.32. The first kappa shape index (κ1) is 20.1. The number of hydrogen-bond acceptors (Lipinski definition) is 6. The first-order valence-electron chi connectivity index (χ1n) is 7.41. The van der Waals surface area contributed by atoms with Crippen LogP contribution in [0.2, 0.25) is 0 Å². The predicted octanol–water partition coefficient (Wildman–Crippen LogP) is 1.12. The maximum absolute atomic E-state index is 10.8. The Morgan fingerprint density at radius 2 is 2.08 bits per heavy atom. The lowest BCUT2D eigenvalue weighted by atomic mass is 10.0. The van der Waals surface area contributed by atoms with Gasteiger partial charge in [0, 0.05) is 12.3 Å². The number of carboxylic acids is 1. The van der Waals surface area contributed by atoms with Gasteiger partial charge in [0.05, 0.1) is 6.54 Å². The van der Waals surface area contributed by atoms with E-state index in [9.17, 15) is 4.79 Å². The molecule has 0 aliphatic rings. The van der Waals surface area contributed by atoms with E-state index in [1.165, 1.54) is 11.8 Å². The normalized spacial score (nSPS) is 13.6. The van der Waals surface area contributed by atoms with Gasteiger partial charge >= 0.3 is 5.97 Å². The van der Waals surface area contributed by atoms with E-state index in [1.807, 2.05) is 43.3 Å². The number of benzene rings is 1. The molecule has 0 aliphatic heterocycles. The highest BCUT2D eigenvalue weighted by atomic mass is 32.2. The molecule has 0 amide bonds. The predicted molar refractivity (Wildman–Crippen MR) is 97.0 cm³/mol. The molecule has 0 saturated heterocycles. The molecule has 5 N–H and O–H groups in total. The number of rotatable bonds is 8. The number of aliphatic imine (C=N–C) groups is 1. The summed E-state index contributed by atoms with van der Waals surface area (Å²) >= 11 is 1.43. The molecule has 0 radical (unpaired) electrons. The van der Waals surface area contributed by atoms with E-state index in [0.717, 1.165) is 17.7 Å². The van der Waals surface area contributed by atoms with E-state index in [4.69, 9.17) is 16.7 Å². The molecular weight excluding hydrogens is 328 g/mol. The Kier molecular flexibility index (Phi) is 8.98. The summed E-state index contributed by atoms with van der Waals surface area (Å²) in [5.74, 6) is 4.75. The molecule has 0 saturated carbocycles. The van der Waals surface area contributed by atoms with Crippen molar-refractivity contribution in [2.75, 3.05) is 27.2 Å². The van der Waals surface area contributed by atoms with Gasteiger partial charge in [-0.25, -0.2) is 0 Å². The summed E-state index contributed by atoms with van der Waals surface area (Å²) in [5.41, 5.74) is 7.48. The van der Waals surface area contributed by atoms with E-state index in [-0.39, 0.29) is 0 Å². The van der Waals surface area contributed by atoms with Gasteiger partial charge in [0.25, 0.3) is 0 Å². The molecule has 1 aromatic carbocycles. The number of carboxylic acid groups (broad SMARTS) is 1. The maximum atomic E-state index is 10.8. The van der Waals surface area contributed by atoms with Crippen molar-refractivity contribution in [1.29, 1.82) is 0 Å². The van der Waals surface area contributed by atoms with E-state index in [0.29, 0.717) is 23.9 Å². The van der Waals surface area contributed by atoms with Crippen LogP contribution < -0.4 is 11.6 Å². The summed E-state index contributed by atoms with van der Waals surface area (Å²) in [4.78, 5) is 17.2. The van der Waals surface area contributed by atoms with Gasteiger partial charge in [-0.1, -0.05) is 41.3 Å². The Hall–Kier alpha value is -1.97. The van der Waals surface area contributed by atoms with Crippen LogP contribution in [0.3, 0.4) is 0 Å². The fourth-order valence-corrected chi connectivity index (χ4v) is 2.60. The maximum Gasteiger partial charge on any atom is 0.320 e. The molecule has 8 nitrogen and oxygen atoms in total. The van der Waals surface area contributed by atoms with Crippen LogP contribution in [-0.4, -0.2) is 54.4 Å². The van der Waals surface area contributed by atoms with Crippen molar-refractivity contribution < 1.29 is 9.90 Å². The molecule has 0 spiro atoms. The minimum Gasteiger partial charge on any atom is -0.480 e. The highest BCUT2D eigenvalue weighted by Crippen LogP contribution is 2.17. The Balaban J connectivity index is 2.65. The zero-order valence-corrected chi connectivity index (χ0v) is 14.7. The Morgan fingerprint density at radius 1 is 1.38 bits per heavy atom. The smallest absolute Gasteiger partial charge is 0.320 e. The zero-order valence-electron chi connectivity index (χ0n) is 13.9. The van der Waals surface area contributed by atoms with Crippen molar-refractivity contribution in [3.63, 3.8) is 0 Å². The first-order valence-corrected chi connectivity index (χ1v) is 8.40. The van der Waals surface area contributed by atoms with Crippen LogP contribution in [-0.2, 0) is 17.0 Å². The standard InChI is InChI=1S/C15H24N6O2S/c1-21(2)7-6-18-15(19-20-17)24-10-12-5-3-4-11(8-12)9-13(16)14(22)23/h3-5,8,13H,6-7,9-10,16H2,1-2H3,(H,22,23)(H2,17,18,19). The van der Waals surface area contributed by atoms with Gasteiger partial charge in [0.1, 0.15) is 6.04 Å². The highest BCUT2D eigenvalue weighted by Gasteiger charge is 2.12. The second kappa shape index (κ2) is 10.7. The summed E-state index contributed by atoms with van der Waals surface area (Å²) in [6, 6.07) is 6.74. The van der Waals surface area contributed by atoms with Crippen LogP contribution in [0.25, 0.3) is 0 Å². The van der Waals surface area contributed by atoms with Gasteiger partial charge in [-0.05, 0) is 31.6 Å². The molecule has 0 fully saturated rings. The Labute approximate surface area is 146 Å². The van der Waals surface area contributed by atoms with E-state index in [2.05, 4.69) is 15.3 Å². The third-order valence-corrected chi connectivity index (χ3v) is 4.02. The molecule has 24 heavy (non-hydrogen) atoms. The first-order chi connectivity index (χ1) is 11.4. The van der Waals surface area contributed by atoms with E-state index < -0.39 is 12.0 Å². The average molecular weight is 352 g/mol. The van der Waals surface area contributed by atoms with Crippen molar-refractivity contribution in [3.05, 3.63) is 35.4 Å². The van der Waals surface area contributed by atoms with Gasteiger partial charge < -0.3 is 21.6 Å². The Morgan fingerprint density at radius 3 is 2.71 bits per heavy atom. The number of nitrogens with zero attached hydrogens (tertiary/aromatic N) is 4. The van der Waals surface area contributed by atoms with Crippen LogP contribution >= 0.6 is 11.8 Å². The van der Waals surface area contributed by atoms with Crippen LogP contribution in [0.15, 0.2) is 39.6 Å². The number of aliphatic carboxylic acids is 1. The number of hydrogen-bond donors (Lipinski definition) is 3. The average Bonchev–Trinajstić information content (AvgIpc) is 2.52. The van der Waals surface area contributed by atoms with Gasteiger partial charge in [-0.2, -0.15) is 0 Å². The minimum absolute atomic E-state index is 0.292. The molecule has 1 rings (SSSR count). The fourth-order valence-electron chi connectivity index (χ4n) is 1.84. The number of carbonyl (C=O) groups is 1. The largest absolute Gasteiger partial charge is 0.480 e. The summed E-state index contributed by atoms with van der Waals surface area (Å²) in [6.45, 7) is 1.43. The van der Waals surface area contributed by atoms with Gasteiger partial charge in [0.2, 0.25) is 5.17 Å². The number of amidine groups is 1. The summed E-state index contributed by atoms with van der Waals surface area (Å²) in [6.07, 6.45) is 0.292. The number of thioether (sulfide) groups is 1. The molecular formula is C15H24N6O2S. The van der Waals surface area contributed by atoms with Gasteiger partial charge in [-0.3, -0.25) is 9.79 Å². The third-order valence-electron chi connectivity index (χ3n) is 3.07. The molecule has 0 heterocycles. The molecule has 1 aromatic rings. The summed E-state index contributed by atoms with van der Waals surface area (Å²) in [7, 11) is 3.94. The van der Waals surface area contributed by atoms with Crippen LogP contribution in [0.1, 0.15) is 11.1 Å². The minimum atomic E-state index is -1.01. The van der Waals surface area contributed by atoms with Crippen molar-refractivity contribution in [1.82, 2.24) is 4.90 Å². The topological polar surface area (TPSA) is 130 Å². The number of likely N-dealkylation sites (N-methyl/N-ethyl adjacent to an activating group) is 1. The molecule has 1 atom stereocenters. The van der Waals surface area contributed by atoms with Gasteiger partial charge in [-0.15, -0.1) is 5.11 Å².